The van der Waals surface area contributed by atoms with Crippen LogP contribution in [0.4, 0.5) is 30.6 Å². The monoisotopic (exact) mass is 417 g/mol. The minimum Gasteiger partial charge on any atom is -0.394 e. The van der Waals surface area contributed by atoms with Gasteiger partial charge in [0.25, 0.3) is 0 Å². The van der Waals surface area contributed by atoms with Crippen molar-refractivity contribution < 1.29 is 18.3 Å². The summed E-state index contributed by atoms with van der Waals surface area (Å²) < 4.78 is 38.7. The van der Waals surface area contributed by atoms with Crippen molar-refractivity contribution in [3.63, 3.8) is 0 Å². The third-order valence-electron chi connectivity index (χ3n) is 4.44. The third kappa shape index (κ3) is 5.44. The van der Waals surface area contributed by atoms with Gasteiger partial charge < -0.3 is 15.7 Å². The Bertz CT molecular complexity index is 1010. The Morgan fingerprint density at radius 1 is 1.03 bits per heavy atom. The first-order chi connectivity index (χ1) is 14.3. The molecule has 9 heteroatoms. The lowest BCUT2D eigenvalue weighted by Gasteiger charge is -2.15. The molecule has 2 aromatic heterocycles. The highest BCUT2D eigenvalue weighted by Crippen LogP contribution is 2.30. The summed E-state index contributed by atoms with van der Waals surface area (Å²) in [5.41, 5.74) is 2.20. The van der Waals surface area contributed by atoms with E-state index in [0.29, 0.717) is 11.5 Å². The topological polar surface area (TPSA) is 83.0 Å². The lowest BCUT2D eigenvalue weighted by molar-refractivity contribution is -0.141. The fourth-order valence-corrected chi connectivity index (χ4v) is 2.90. The van der Waals surface area contributed by atoms with E-state index >= 15 is 0 Å². The summed E-state index contributed by atoms with van der Waals surface area (Å²) in [6.07, 6.45) is -1.06. The molecule has 3 aromatic rings. The van der Waals surface area contributed by atoms with Crippen molar-refractivity contribution >= 4 is 17.5 Å². The molecule has 2 heterocycles. The maximum atomic E-state index is 12.9. The molecule has 0 spiro atoms. The van der Waals surface area contributed by atoms with Gasteiger partial charge in [-0.3, -0.25) is 0 Å². The SMILES string of the molecule is CCC(CO)Nc1cc(-c2cc(C)cc(Nc3nccc(C(F)(F)F)n3)c2)ccn1. The van der Waals surface area contributed by atoms with Crippen molar-refractivity contribution in [1.29, 1.82) is 0 Å². The highest BCUT2D eigenvalue weighted by atomic mass is 19.4. The Morgan fingerprint density at radius 3 is 2.50 bits per heavy atom. The van der Waals surface area contributed by atoms with Crippen molar-refractivity contribution in [3.8, 4) is 11.1 Å². The second-order valence-electron chi connectivity index (χ2n) is 6.84. The number of benzene rings is 1. The van der Waals surface area contributed by atoms with E-state index in [1.807, 2.05) is 32.0 Å². The van der Waals surface area contributed by atoms with Crippen LogP contribution in [-0.4, -0.2) is 32.7 Å². The molecule has 0 fully saturated rings. The van der Waals surface area contributed by atoms with Gasteiger partial charge in [0.05, 0.1) is 12.6 Å². The van der Waals surface area contributed by atoms with E-state index < -0.39 is 11.9 Å². The van der Waals surface area contributed by atoms with Crippen LogP contribution in [0.2, 0.25) is 0 Å². The van der Waals surface area contributed by atoms with E-state index in [1.165, 1.54) is 0 Å². The largest absolute Gasteiger partial charge is 0.433 e. The van der Waals surface area contributed by atoms with E-state index in [9.17, 15) is 18.3 Å². The predicted molar refractivity (Wildman–Crippen MR) is 110 cm³/mol. The number of aliphatic hydroxyl groups is 1. The molecule has 158 valence electrons. The average molecular weight is 417 g/mol. The molecular weight excluding hydrogens is 395 g/mol. The number of hydrogen-bond donors (Lipinski definition) is 3. The van der Waals surface area contributed by atoms with Gasteiger partial charge in [0.15, 0.2) is 0 Å². The number of aryl methyl sites for hydroxylation is 1. The van der Waals surface area contributed by atoms with Crippen LogP contribution in [-0.2, 0) is 6.18 Å². The minimum atomic E-state index is -4.54. The highest BCUT2D eigenvalue weighted by molar-refractivity contribution is 5.72. The Balaban J connectivity index is 1.88. The number of rotatable bonds is 7. The molecule has 1 unspecified atom stereocenters. The van der Waals surface area contributed by atoms with Crippen molar-refractivity contribution in [2.75, 3.05) is 17.2 Å². The van der Waals surface area contributed by atoms with Crippen LogP contribution in [0, 0.1) is 6.92 Å². The van der Waals surface area contributed by atoms with E-state index in [2.05, 4.69) is 25.6 Å². The first kappa shape index (κ1) is 21.5. The molecule has 0 bridgehead atoms. The van der Waals surface area contributed by atoms with Gasteiger partial charge >= 0.3 is 6.18 Å². The van der Waals surface area contributed by atoms with Gasteiger partial charge in [-0.1, -0.05) is 13.0 Å². The predicted octanol–water partition coefficient (Wildman–Crippen LogP) is 4.79. The van der Waals surface area contributed by atoms with Crippen molar-refractivity contribution in [3.05, 3.63) is 60.0 Å². The summed E-state index contributed by atoms with van der Waals surface area (Å²) in [4.78, 5) is 11.7. The molecule has 0 amide bonds. The first-order valence-corrected chi connectivity index (χ1v) is 9.41. The van der Waals surface area contributed by atoms with E-state index in [-0.39, 0.29) is 18.6 Å². The molecular formula is C21H22F3N5O. The Labute approximate surface area is 172 Å². The summed E-state index contributed by atoms with van der Waals surface area (Å²) in [7, 11) is 0. The number of aliphatic hydroxyl groups excluding tert-OH is 1. The summed E-state index contributed by atoms with van der Waals surface area (Å²) in [6.45, 7) is 3.85. The molecule has 1 atom stereocenters. The van der Waals surface area contributed by atoms with Crippen molar-refractivity contribution in [1.82, 2.24) is 15.0 Å². The maximum absolute atomic E-state index is 12.9. The molecule has 3 rings (SSSR count). The van der Waals surface area contributed by atoms with Crippen LogP contribution in [0.1, 0.15) is 24.6 Å². The number of nitrogens with one attached hydrogen (secondary N) is 2. The summed E-state index contributed by atoms with van der Waals surface area (Å²) >= 11 is 0. The standard InChI is InChI=1S/C21H22F3N5O/c1-3-16(12-30)27-19-11-14(4-6-25-19)15-8-13(2)9-17(10-15)28-20-26-7-5-18(29-20)21(22,23)24/h4-11,16,30H,3,12H2,1-2H3,(H,25,27)(H,26,28,29). The number of halogens is 3. The number of hydrogen-bond acceptors (Lipinski definition) is 6. The molecule has 3 N–H and O–H groups in total. The summed E-state index contributed by atoms with van der Waals surface area (Å²) in [5, 5.41) is 15.4. The van der Waals surface area contributed by atoms with Crippen LogP contribution in [0.5, 0.6) is 0 Å². The Morgan fingerprint density at radius 2 is 1.80 bits per heavy atom. The van der Waals surface area contributed by atoms with Gasteiger partial charge in [-0.05, 0) is 60.4 Å². The van der Waals surface area contributed by atoms with Gasteiger partial charge in [0, 0.05) is 18.1 Å². The number of alkyl halides is 3. The summed E-state index contributed by atoms with van der Waals surface area (Å²) in [6, 6.07) is 9.99. The fraction of sp³-hybridized carbons (Fsp3) is 0.286. The molecule has 0 aliphatic carbocycles. The van der Waals surface area contributed by atoms with E-state index in [1.54, 1.807) is 18.3 Å². The smallest absolute Gasteiger partial charge is 0.394 e. The highest BCUT2D eigenvalue weighted by Gasteiger charge is 2.32. The number of nitrogens with zero attached hydrogens (tertiary/aromatic N) is 3. The summed E-state index contributed by atoms with van der Waals surface area (Å²) in [5.74, 6) is 0.498. The minimum absolute atomic E-state index is 0.00207. The molecule has 0 radical (unpaired) electrons. The van der Waals surface area contributed by atoms with Gasteiger partial charge in [0.2, 0.25) is 5.95 Å². The average Bonchev–Trinajstić information content (AvgIpc) is 2.71. The zero-order valence-corrected chi connectivity index (χ0v) is 16.5. The second kappa shape index (κ2) is 9.08. The van der Waals surface area contributed by atoms with Crippen molar-refractivity contribution in [2.24, 2.45) is 0 Å². The molecule has 0 aliphatic heterocycles. The zero-order valence-electron chi connectivity index (χ0n) is 16.5. The Hall–Kier alpha value is -3.20. The van der Waals surface area contributed by atoms with Gasteiger partial charge in [-0.25, -0.2) is 15.0 Å². The van der Waals surface area contributed by atoms with Crippen LogP contribution in [0.15, 0.2) is 48.8 Å². The lowest BCUT2D eigenvalue weighted by Crippen LogP contribution is -2.23. The molecule has 6 nitrogen and oxygen atoms in total. The van der Waals surface area contributed by atoms with Crippen LogP contribution < -0.4 is 10.6 Å². The molecule has 30 heavy (non-hydrogen) atoms. The van der Waals surface area contributed by atoms with Crippen LogP contribution in [0.3, 0.4) is 0 Å². The van der Waals surface area contributed by atoms with Crippen molar-refractivity contribution in [2.45, 2.75) is 32.5 Å². The molecule has 0 aliphatic rings. The molecule has 1 aromatic carbocycles. The van der Waals surface area contributed by atoms with Crippen LogP contribution in [0.25, 0.3) is 11.1 Å². The van der Waals surface area contributed by atoms with Gasteiger partial charge in [-0.2, -0.15) is 13.2 Å². The van der Waals surface area contributed by atoms with Gasteiger partial charge in [-0.15, -0.1) is 0 Å². The van der Waals surface area contributed by atoms with Crippen LogP contribution >= 0.6 is 0 Å². The second-order valence-corrected chi connectivity index (χ2v) is 6.84. The lowest BCUT2D eigenvalue weighted by atomic mass is 10.0. The fourth-order valence-electron chi connectivity index (χ4n) is 2.90. The number of pyridine rings is 1. The third-order valence-corrected chi connectivity index (χ3v) is 4.44. The molecule has 0 saturated heterocycles. The first-order valence-electron chi connectivity index (χ1n) is 9.41. The normalized spacial score (nSPS) is 12.5. The quantitative estimate of drug-likeness (QED) is 0.513. The number of anilines is 3. The number of aromatic nitrogens is 3. The van der Waals surface area contributed by atoms with Gasteiger partial charge in [0.1, 0.15) is 11.5 Å². The zero-order chi connectivity index (χ0) is 21.7. The molecule has 0 saturated carbocycles. The maximum Gasteiger partial charge on any atom is 0.433 e. The Kier molecular flexibility index (Phi) is 6.51. The van der Waals surface area contributed by atoms with E-state index in [0.717, 1.165) is 35.4 Å². The van der Waals surface area contributed by atoms with E-state index in [4.69, 9.17) is 0 Å².